The van der Waals surface area contributed by atoms with Crippen LogP contribution in [0.3, 0.4) is 0 Å². The Kier molecular flexibility index (Phi) is 4.58. The summed E-state index contributed by atoms with van der Waals surface area (Å²) in [6.07, 6.45) is 1.06. The molecular formula is C6H13NOS. The van der Waals surface area contributed by atoms with Crippen LogP contribution in [0.2, 0.25) is 0 Å². The molecule has 0 aliphatic rings. The molecule has 0 atom stereocenters. The molecule has 0 N–H and O–H groups in total. The van der Waals surface area contributed by atoms with Crippen molar-refractivity contribution in [2.75, 3.05) is 19.8 Å². The molecule has 0 aromatic rings. The number of carbonyl (C=O) groups is 1. The first kappa shape index (κ1) is 8.82. The van der Waals surface area contributed by atoms with Gasteiger partial charge in [0.05, 0.1) is 0 Å². The zero-order valence-electron chi connectivity index (χ0n) is 6.18. The van der Waals surface area contributed by atoms with Crippen LogP contribution in [0.5, 0.6) is 0 Å². The van der Waals surface area contributed by atoms with Crippen molar-refractivity contribution in [3.8, 4) is 0 Å². The molecule has 0 aromatic carbocycles. The molecule has 9 heavy (non-hydrogen) atoms. The molecule has 0 aromatic heterocycles. The van der Waals surface area contributed by atoms with Gasteiger partial charge in [0.2, 0.25) is 0 Å². The van der Waals surface area contributed by atoms with E-state index in [9.17, 15) is 4.79 Å². The Morgan fingerprint density at radius 1 is 1.56 bits per heavy atom. The van der Waals surface area contributed by atoms with E-state index in [2.05, 4.69) is 6.92 Å². The predicted molar refractivity (Wildman–Crippen MR) is 41.8 cm³/mol. The maximum Gasteiger partial charge on any atom is 0.281 e. The maximum absolute atomic E-state index is 10.8. The SMILES string of the molecule is CCCSC(=O)N(C)C. The summed E-state index contributed by atoms with van der Waals surface area (Å²) in [5, 5.41) is 0.150. The fourth-order valence-corrected chi connectivity index (χ4v) is 0.955. The highest BCUT2D eigenvalue weighted by molar-refractivity contribution is 8.13. The number of rotatable bonds is 2. The molecule has 0 saturated carbocycles. The molecule has 0 radical (unpaired) electrons. The van der Waals surface area contributed by atoms with Gasteiger partial charge in [-0.1, -0.05) is 18.7 Å². The van der Waals surface area contributed by atoms with Crippen molar-refractivity contribution in [3.63, 3.8) is 0 Å². The van der Waals surface area contributed by atoms with Crippen LogP contribution in [0.15, 0.2) is 0 Å². The van der Waals surface area contributed by atoms with E-state index < -0.39 is 0 Å². The predicted octanol–water partition coefficient (Wildman–Crippen LogP) is 1.81. The summed E-state index contributed by atoms with van der Waals surface area (Å²) in [5.74, 6) is 0.928. The number of amides is 1. The van der Waals surface area contributed by atoms with Crippen LogP contribution in [0.1, 0.15) is 13.3 Å². The van der Waals surface area contributed by atoms with Crippen molar-refractivity contribution in [2.45, 2.75) is 13.3 Å². The van der Waals surface area contributed by atoms with Gasteiger partial charge in [0.15, 0.2) is 0 Å². The zero-order valence-corrected chi connectivity index (χ0v) is 6.99. The van der Waals surface area contributed by atoms with Crippen molar-refractivity contribution in [2.24, 2.45) is 0 Å². The second kappa shape index (κ2) is 4.68. The Labute approximate surface area is 60.6 Å². The van der Waals surface area contributed by atoms with Gasteiger partial charge in [-0.25, -0.2) is 0 Å². The third kappa shape index (κ3) is 4.33. The first-order chi connectivity index (χ1) is 4.18. The number of hydrogen-bond donors (Lipinski definition) is 0. The van der Waals surface area contributed by atoms with Crippen LogP contribution in [0.25, 0.3) is 0 Å². The van der Waals surface area contributed by atoms with Crippen molar-refractivity contribution >= 4 is 17.0 Å². The van der Waals surface area contributed by atoms with Gasteiger partial charge in [-0.05, 0) is 6.42 Å². The molecule has 0 aliphatic heterocycles. The topological polar surface area (TPSA) is 20.3 Å². The highest BCUT2D eigenvalue weighted by atomic mass is 32.2. The zero-order chi connectivity index (χ0) is 7.28. The molecule has 3 heteroatoms. The maximum atomic E-state index is 10.8. The molecule has 2 nitrogen and oxygen atoms in total. The average Bonchev–Trinajstić information content (AvgIpc) is 1.82. The van der Waals surface area contributed by atoms with Crippen molar-refractivity contribution in [3.05, 3.63) is 0 Å². The number of carbonyl (C=O) groups excluding carboxylic acids is 1. The molecule has 0 rings (SSSR count). The first-order valence-electron chi connectivity index (χ1n) is 3.02. The van der Waals surface area contributed by atoms with Crippen molar-refractivity contribution in [1.82, 2.24) is 4.90 Å². The van der Waals surface area contributed by atoms with Gasteiger partial charge in [-0.15, -0.1) is 0 Å². The normalized spacial score (nSPS) is 9.22. The van der Waals surface area contributed by atoms with Gasteiger partial charge in [0.1, 0.15) is 0 Å². The summed E-state index contributed by atoms with van der Waals surface area (Å²) < 4.78 is 0. The van der Waals surface area contributed by atoms with E-state index in [1.807, 2.05) is 0 Å². The highest BCUT2D eigenvalue weighted by Crippen LogP contribution is 2.05. The summed E-state index contributed by atoms with van der Waals surface area (Å²) in [5.41, 5.74) is 0. The summed E-state index contributed by atoms with van der Waals surface area (Å²) >= 11 is 1.37. The standard InChI is InChI=1S/C6H13NOS/c1-4-5-9-6(8)7(2)3/h4-5H2,1-3H3. The molecule has 0 fully saturated rings. The largest absolute Gasteiger partial charge is 0.340 e. The molecule has 1 amide bonds. The minimum absolute atomic E-state index is 0.150. The quantitative estimate of drug-likeness (QED) is 0.593. The smallest absolute Gasteiger partial charge is 0.281 e. The molecule has 0 unspecified atom stereocenters. The van der Waals surface area contributed by atoms with E-state index in [0.29, 0.717) is 0 Å². The molecule has 0 spiro atoms. The van der Waals surface area contributed by atoms with Crippen LogP contribution >= 0.6 is 11.8 Å². The summed E-state index contributed by atoms with van der Waals surface area (Å²) in [6, 6.07) is 0. The highest BCUT2D eigenvalue weighted by Gasteiger charge is 2.01. The van der Waals surface area contributed by atoms with Gasteiger partial charge in [0, 0.05) is 19.8 Å². The lowest BCUT2D eigenvalue weighted by Gasteiger charge is -2.07. The van der Waals surface area contributed by atoms with Crippen LogP contribution < -0.4 is 0 Å². The second-order valence-electron chi connectivity index (χ2n) is 2.01. The Morgan fingerprint density at radius 2 is 2.11 bits per heavy atom. The lowest BCUT2D eigenvalue weighted by Crippen LogP contribution is -2.16. The monoisotopic (exact) mass is 147 g/mol. The van der Waals surface area contributed by atoms with Crippen LogP contribution in [0, 0.1) is 0 Å². The minimum atomic E-state index is 0.150. The Bertz CT molecular complexity index is 93.1. The van der Waals surface area contributed by atoms with Gasteiger partial charge < -0.3 is 4.90 Å². The van der Waals surface area contributed by atoms with E-state index in [0.717, 1.165) is 12.2 Å². The molecule has 0 heterocycles. The summed E-state index contributed by atoms with van der Waals surface area (Å²) in [6.45, 7) is 2.07. The van der Waals surface area contributed by atoms with Gasteiger partial charge >= 0.3 is 0 Å². The third-order valence-electron chi connectivity index (χ3n) is 0.795. The van der Waals surface area contributed by atoms with E-state index in [1.54, 1.807) is 19.0 Å². The third-order valence-corrected chi connectivity index (χ3v) is 2.02. The number of hydrogen-bond acceptors (Lipinski definition) is 2. The van der Waals surface area contributed by atoms with Crippen molar-refractivity contribution in [1.29, 1.82) is 0 Å². The number of nitrogens with zero attached hydrogens (tertiary/aromatic N) is 1. The van der Waals surface area contributed by atoms with Crippen LogP contribution in [-0.2, 0) is 0 Å². The second-order valence-corrected chi connectivity index (χ2v) is 3.05. The fourth-order valence-electron chi connectivity index (χ4n) is 0.318. The Balaban J connectivity index is 3.28. The number of thioether (sulfide) groups is 1. The molecular weight excluding hydrogens is 134 g/mol. The van der Waals surface area contributed by atoms with Gasteiger partial charge in [-0.3, -0.25) is 4.79 Å². The summed E-state index contributed by atoms with van der Waals surface area (Å²) in [4.78, 5) is 12.4. The lowest BCUT2D eigenvalue weighted by molar-refractivity contribution is 0.241. The Hall–Kier alpha value is -0.180. The Morgan fingerprint density at radius 3 is 2.44 bits per heavy atom. The molecule has 54 valence electrons. The summed E-state index contributed by atoms with van der Waals surface area (Å²) in [7, 11) is 3.54. The van der Waals surface area contributed by atoms with Gasteiger partial charge in [0.25, 0.3) is 5.24 Å². The average molecular weight is 147 g/mol. The van der Waals surface area contributed by atoms with Crippen molar-refractivity contribution < 1.29 is 4.79 Å². The minimum Gasteiger partial charge on any atom is -0.340 e. The lowest BCUT2D eigenvalue weighted by atomic mass is 10.6. The molecule has 0 saturated heterocycles. The van der Waals surface area contributed by atoms with Gasteiger partial charge in [-0.2, -0.15) is 0 Å². The first-order valence-corrected chi connectivity index (χ1v) is 4.01. The molecule has 0 bridgehead atoms. The van der Waals surface area contributed by atoms with E-state index in [-0.39, 0.29) is 5.24 Å². The van der Waals surface area contributed by atoms with Crippen LogP contribution in [-0.4, -0.2) is 30.0 Å². The van der Waals surface area contributed by atoms with Crippen LogP contribution in [0.4, 0.5) is 4.79 Å². The van der Waals surface area contributed by atoms with E-state index in [4.69, 9.17) is 0 Å². The molecule has 0 aliphatic carbocycles. The van der Waals surface area contributed by atoms with E-state index in [1.165, 1.54) is 11.8 Å². The van der Waals surface area contributed by atoms with E-state index >= 15 is 0 Å². The fraction of sp³-hybridized carbons (Fsp3) is 0.833.